The Labute approximate surface area is 215 Å². The molecule has 37 heavy (non-hydrogen) atoms. The molecule has 0 saturated carbocycles. The van der Waals surface area contributed by atoms with Crippen molar-refractivity contribution in [2.24, 2.45) is 0 Å². The van der Waals surface area contributed by atoms with Crippen LogP contribution in [0.2, 0.25) is 0 Å². The first-order valence-electron chi connectivity index (χ1n) is 12.7. The van der Waals surface area contributed by atoms with Gasteiger partial charge in [-0.3, -0.25) is 4.57 Å². The van der Waals surface area contributed by atoms with Crippen molar-refractivity contribution >= 4 is 28.7 Å². The molecule has 0 aliphatic carbocycles. The average Bonchev–Trinajstić information content (AvgIpc) is 3.37. The van der Waals surface area contributed by atoms with Gasteiger partial charge in [-0.15, -0.1) is 0 Å². The topological polar surface area (TPSA) is 111 Å². The highest BCUT2D eigenvalue weighted by molar-refractivity contribution is 5.83. The van der Waals surface area contributed by atoms with E-state index in [1.807, 2.05) is 53.1 Å². The van der Waals surface area contributed by atoms with E-state index in [9.17, 15) is 0 Å². The molecule has 1 saturated heterocycles. The summed E-state index contributed by atoms with van der Waals surface area (Å²) >= 11 is 0. The fourth-order valence-corrected chi connectivity index (χ4v) is 4.81. The third-order valence-electron chi connectivity index (χ3n) is 6.79. The second-order valence-electron chi connectivity index (χ2n) is 9.35. The Hall–Kier alpha value is -4.53. The molecular weight excluding hydrogens is 462 g/mol. The normalized spacial score (nSPS) is 14.6. The highest BCUT2D eigenvalue weighted by Crippen LogP contribution is 2.28. The smallest absolute Gasteiger partial charge is 0.225 e. The third-order valence-corrected chi connectivity index (χ3v) is 6.79. The number of nitrogen functional groups attached to an aromatic ring is 1. The first-order valence-corrected chi connectivity index (χ1v) is 12.7. The van der Waals surface area contributed by atoms with Gasteiger partial charge in [0.05, 0.1) is 22.8 Å². The number of aromatic nitrogens is 6. The van der Waals surface area contributed by atoms with Crippen LogP contribution >= 0.6 is 0 Å². The van der Waals surface area contributed by atoms with E-state index in [0.717, 1.165) is 47.0 Å². The molecule has 0 amide bonds. The van der Waals surface area contributed by atoms with Gasteiger partial charge >= 0.3 is 0 Å². The second-order valence-corrected chi connectivity index (χ2v) is 9.35. The van der Waals surface area contributed by atoms with Gasteiger partial charge in [0, 0.05) is 30.9 Å². The van der Waals surface area contributed by atoms with Crippen LogP contribution in [-0.4, -0.2) is 42.6 Å². The minimum absolute atomic E-state index is 0.0775. The van der Waals surface area contributed by atoms with Crippen LogP contribution in [0.1, 0.15) is 37.8 Å². The predicted octanol–water partition coefficient (Wildman–Crippen LogP) is 5.02. The van der Waals surface area contributed by atoms with Crippen LogP contribution in [0, 0.1) is 0 Å². The number of benzene rings is 2. The number of hydrogen-bond acceptors (Lipinski definition) is 8. The molecule has 0 bridgehead atoms. The SMILES string of the molecule is C[C@H](Nc1nccc(-n2cnc3cc(-c4cc(N5CCCCC5)nc(N)n4)ccc32)n1)c1ccccc1. The van der Waals surface area contributed by atoms with Crippen LogP contribution in [0.3, 0.4) is 0 Å². The number of nitrogens with one attached hydrogen (secondary N) is 1. The molecule has 9 heteroatoms. The Morgan fingerprint density at radius 2 is 1.70 bits per heavy atom. The lowest BCUT2D eigenvalue weighted by Gasteiger charge is -2.28. The lowest BCUT2D eigenvalue weighted by Crippen LogP contribution is -2.30. The Morgan fingerprint density at radius 1 is 0.865 bits per heavy atom. The standard InChI is InChI=1S/C28H29N9/c1-19(20-8-4-2-5-9-20)32-28-30-13-12-25(35-28)37-18-31-23-16-21(10-11-24(23)37)22-17-26(34-27(29)33-22)36-14-6-3-7-15-36/h2,4-5,8-13,16-19H,3,6-7,14-15H2,1H3,(H2,29,33,34)(H,30,32,35)/t19-/m0/s1. The Balaban J connectivity index is 1.28. The number of nitrogens with zero attached hydrogens (tertiary/aromatic N) is 7. The molecule has 2 aromatic carbocycles. The molecule has 186 valence electrons. The molecule has 4 heterocycles. The fourth-order valence-electron chi connectivity index (χ4n) is 4.81. The maximum absolute atomic E-state index is 6.09. The van der Waals surface area contributed by atoms with Crippen molar-refractivity contribution in [2.45, 2.75) is 32.2 Å². The van der Waals surface area contributed by atoms with E-state index in [0.29, 0.717) is 5.95 Å². The number of anilines is 3. The number of hydrogen-bond donors (Lipinski definition) is 2. The molecule has 0 radical (unpaired) electrons. The monoisotopic (exact) mass is 491 g/mol. The largest absolute Gasteiger partial charge is 0.368 e. The maximum Gasteiger partial charge on any atom is 0.225 e. The summed E-state index contributed by atoms with van der Waals surface area (Å²) in [5, 5.41) is 3.39. The fraction of sp³-hybridized carbons (Fsp3) is 0.250. The van der Waals surface area contributed by atoms with Crippen LogP contribution < -0.4 is 16.0 Å². The van der Waals surface area contributed by atoms with Gasteiger partial charge < -0.3 is 16.0 Å². The third kappa shape index (κ3) is 4.80. The van der Waals surface area contributed by atoms with Gasteiger partial charge in [-0.2, -0.15) is 9.97 Å². The van der Waals surface area contributed by atoms with Crippen LogP contribution in [0.5, 0.6) is 0 Å². The second kappa shape index (κ2) is 9.85. The van der Waals surface area contributed by atoms with Crippen molar-refractivity contribution in [1.82, 2.24) is 29.5 Å². The molecule has 1 fully saturated rings. The maximum atomic E-state index is 6.09. The van der Waals surface area contributed by atoms with E-state index in [4.69, 9.17) is 10.7 Å². The molecule has 3 aromatic heterocycles. The van der Waals surface area contributed by atoms with Crippen LogP contribution in [0.25, 0.3) is 28.1 Å². The molecule has 1 atom stereocenters. The Morgan fingerprint density at radius 3 is 2.54 bits per heavy atom. The van der Waals surface area contributed by atoms with E-state index in [-0.39, 0.29) is 12.0 Å². The zero-order valence-corrected chi connectivity index (χ0v) is 20.7. The summed E-state index contributed by atoms with van der Waals surface area (Å²) in [5.74, 6) is 2.48. The van der Waals surface area contributed by atoms with Crippen LogP contribution in [0.4, 0.5) is 17.7 Å². The van der Waals surface area contributed by atoms with Gasteiger partial charge in [0.2, 0.25) is 11.9 Å². The molecule has 0 unspecified atom stereocenters. The highest BCUT2D eigenvalue weighted by Gasteiger charge is 2.16. The summed E-state index contributed by atoms with van der Waals surface area (Å²) in [6.07, 6.45) is 7.16. The molecule has 5 aromatic rings. The highest BCUT2D eigenvalue weighted by atomic mass is 15.2. The van der Waals surface area contributed by atoms with Crippen molar-refractivity contribution < 1.29 is 0 Å². The van der Waals surface area contributed by atoms with Gasteiger partial charge in [-0.25, -0.2) is 15.0 Å². The van der Waals surface area contributed by atoms with Gasteiger partial charge in [0.15, 0.2) is 0 Å². The van der Waals surface area contributed by atoms with Crippen molar-refractivity contribution in [3.8, 4) is 17.1 Å². The van der Waals surface area contributed by atoms with Crippen molar-refractivity contribution in [1.29, 1.82) is 0 Å². The summed E-state index contributed by atoms with van der Waals surface area (Å²) in [7, 11) is 0. The van der Waals surface area contributed by atoms with Gasteiger partial charge in [-0.05, 0) is 49.9 Å². The molecule has 9 nitrogen and oxygen atoms in total. The molecule has 3 N–H and O–H groups in total. The van der Waals surface area contributed by atoms with Crippen molar-refractivity contribution in [3.05, 3.63) is 78.8 Å². The van der Waals surface area contributed by atoms with E-state index in [2.05, 4.69) is 49.2 Å². The predicted molar refractivity (Wildman–Crippen MR) is 147 cm³/mol. The van der Waals surface area contributed by atoms with E-state index in [1.54, 1.807) is 12.5 Å². The first kappa shape index (κ1) is 22.9. The van der Waals surface area contributed by atoms with Gasteiger partial charge in [-0.1, -0.05) is 36.4 Å². The first-order chi connectivity index (χ1) is 18.1. The number of nitrogens with two attached hydrogens (primary N) is 1. The summed E-state index contributed by atoms with van der Waals surface area (Å²) < 4.78 is 1.96. The number of imidazole rings is 1. The van der Waals surface area contributed by atoms with Crippen molar-refractivity contribution in [3.63, 3.8) is 0 Å². The minimum atomic E-state index is 0.0775. The molecule has 6 rings (SSSR count). The van der Waals surface area contributed by atoms with Crippen LogP contribution in [0.15, 0.2) is 73.2 Å². The lowest BCUT2D eigenvalue weighted by molar-refractivity contribution is 0.573. The molecule has 1 aliphatic rings. The lowest BCUT2D eigenvalue weighted by atomic mass is 10.1. The zero-order chi connectivity index (χ0) is 25.2. The molecule has 1 aliphatic heterocycles. The van der Waals surface area contributed by atoms with E-state index in [1.165, 1.54) is 24.8 Å². The quantitative estimate of drug-likeness (QED) is 0.341. The average molecular weight is 492 g/mol. The molecule has 0 spiro atoms. The van der Waals surface area contributed by atoms with E-state index < -0.39 is 0 Å². The number of piperidine rings is 1. The summed E-state index contributed by atoms with van der Waals surface area (Å²) in [6.45, 7) is 4.09. The van der Waals surface area contributed by atoms with Gasteiger partial charge in [0.1, 0.15) is 18.0 Å². The zero-order valence-electron chi connectivity index (χ0n) is 20.7. The van der Waals surface area contributed by atoms with Gasteiger partial charge in [0.25, 0.3) is 0 Å². The summed E-state index contributed by atoms with van der Waals surface area (Å²) in [4.78, 5) is 25.1. The number of fused-ring (bicyclic) bond motifs is 1. The number of rotatable bonds is 6. The summed E-state index contributed by atoms with van der Waals surface area (Å²) in [5.41, 5.74) is 10.8. The minimum Gasteiger partial charge on any atom is -0.368 e. The summed E-state index contributed by atoms with van der Waals surface area (Å²) in [6, 6.07) is 20.3. The van der Waals surface area contributed by atoms with Crippen molar-refractivity contribution in [2.75, 3.05) is 29.0 Å². The van der Waals surface area contributed by atoms with Crippen LogP contribution in [-0.2, 0) is 0 Å². The Bertz CT molecular complexity index is 1520. The Kier molecular flexibility index (Phi) is 6.10. The van der Waals surface area contributed by atoms with E-state index >= 15 is 0 Å². The molecular formula is C28H29N9.